The van der Waals surface area contributed by atoms with E-state index in [-0.39, 0.29) is 23.8 Å². The van der Waals surface area contributed by atoms with Gasteiger partial charge in [0.1, 0.15) is 0 Å². The molecule has 0 radical (unpaired) electrons. The van der Waals surface area contributed by atoms with Crippen LogP contribution in [0.5, 0.6) is 0 Å². The number of hydrogen-bond donors (Lipinski definition) is 1. The van der Waals surface area contributed by atoms with Gasteiger partial charge in [-0.1, -0.05) is 0 Å². The van der Waals surface area contributed by atoms with E-state index in [2.05, 4.69) is 14.6 Å². The number of amides is 1. The highest BCUT2D eigenvalue weighted by atomic mass is 32.2. The molecule has 0 saturated carbocycles. The van der Waals surface area contributed by atoms with Crippen LogP contribution in [0.15, 0.2) is 24.5 Å². The second-order valence-electron chi connectivity index (χ2n) is 5.28. The molecule has 1 amide bonds. The summed E-state index contributed by atoms with van der Waals surface area (Å²) in [6.45, 7) is 0.335. The maximum atomic E-state index is 12.2. The number of carbonyl (C=O) groups is 2. The molecule has 116 valence electrons. The smallest absolute Gasteiger partial charge is 0.307 e. The van der Waals surface area contributed by atoms with Gasteiger partial charge in [0, 0.05) is 18.9 Å². The minimum atomic E-state index is -0.301. The van der Waals surface area contributed by atoms with Gasteiger partial charge in [-0.15, -0.1) is 0 Å². The molecule has 0 aromatic carbocycles. The number of esters is 1. The largest absolute Gasteiger partial charge is 0.469 e. The van der Waals surface area contributed by atoms with Crippen LogP contribution in [0.2, 0.25) is 0 Å². The number of methoxy groups -OCH3 is 1. The van der Waals surface area contributed by atoms with Crippen molar-refractivity contribution in [1.82, 2.24) is 9.88 Å². The Morgan fingerprint density at radius 3 is 2.57 bits per heavy atom. The maximum absolute atomic E-state index is 12.2. The van der Waals surface area contributed by atoms with Crippen LogP contribution in [0.3, 0.4) is 0 Å². The molecule has 21 heavy (non-hydrogen) atoms. The summed E-state index contributed by atoms with van der Waals surface area (Å²) in [6, 6.07) is 4.00. The Hall–Kier alpha value is -1.43. The summed E-state index contributed by atoms with van der Waals surface area (Å²) in [4.78, 5) is 23.3. The third-order valence-corrected chi connectivity index (χ3v) is 4.93. The van der Waals surface area contributed by atoms with Crippen LogP contribution in [-0.4, -0.2) is 41.6 Å². The minimum Gasteiger partial charge on any atom is -0.469 e. The standard InChI is InChI=1S/C15H22N2O3S/c1-20-14(19)4-7-16-13(18)12-15(5-10-21-11-6-15)17-8-2-3-9-17/h2-3,8-9H,4-7,10-12H2,1H3,(H,16,18). The third kappa shape index (κ3) is 4.27. The van der Waals surface area contributed by atoms with E-state index in [0.717, 1.165) is 24.3 Å². The van der Waals surface area contributed by atoms with E-state index in [1.54, 1.807) is 0 Å². The van der Waals surface area contributed by atoms with Crippen LogP contribution in [0.25, 0.3) is 0 Å². The summed E-state index contributed by atoms with van der Waals surface area (Å²) in [6.07, 6.45) is 6.75. The quantitative estimate of drug-likeness (QED) is 0.814. The van der Waals surface area contributed by atoms with Gasteiger partial charge in [-0.25, -0.2) is 0 Å². The third-order valence-electron chi connectivity index (χ3n) is 3.94. The molecule has 1 aliphatic rings. The molecular formula is C15H22N2O3S. The van der Waals surface area contributed by atoms with Gasteiger partial charge in [0.25, 0.3) is 0 Å². The van der Waals surface area contributed by atoms with Crippen molar-refractivity contribution in [2.75, 3.05) is 25.2 Å². The Bertz CT molecular complexity index is 467. The fourth-order valence-corrected chi connectivity index (χ4v) is 3.95. The lowest BCUT2D eigenvalue weighted by Crippen LogP contribution is -2.42. The van der Waals surface area contributed by atoms with Gasteiger partial charge in [-0.05, 0) is 36.5 Å². The van der Waals surface area contributed by atoms with Crippen LogP contribution in [0.1, 0.15) is 25.7 Å². The molecular weight excluding hydrogens is 288 g/mol. The van der Waals surface area contributed by atoms with Gasteiger partial charge in [0.2, 0.25) is 5.91 Å². The zero-order valence-electron chi connectivity index (χ0n) is 12.3. The Balaban J connectivity index is 1.93. The summed E-state index contributed by atoms with van der Waals surface area (Å²) in [5.41, 5.74) is -0.121. The first-order valence-corrected chi connectivity index (χ1v) is 8.36. The zero-order chi connectivity index (χ0) is 15.1. The van der Waals surface area contributed by atoms with E-state index in [1.807, 2.05) is 36.3 Å². The number of hydrogen-bond acceptors (Lipinski definition) is 4. The van der Waals surface area contributed by atoms with Crippen LogP contribution in [0, 0.1) is 0 Å². The van der Waals surface area contributed by atoms with Crippen molar-refractivity contribution in [2.45, 2.75) is 31.2 Å². The molecule has 1 fully saturated rings. The summed E-state index contributed by atoms with van der Waals surface area (Å²) in [7, 11) is 1.35. The van der Waals surface area contributed by atoms with Crippen LogP contribution in [0.4, 0.5) is 0 Å². The summed E-state index contributed by atoms with van der Waals surface area (Å²) in [5.74, 6) is 1.85. The molecule has 5 nitrogen and oxygen atoms in total. The highest BCUT2D eigenvalue weighted by Crippen LogP contribution is 2.36. The van der Waals surface area contributed by atoms with Gasteiger partial charge in [0.15, 0.2) is 0 Å². The van der Waals surface area contributed by atoms with Crippen LogP contribution in [-0.2, 0) is 19.9 Å². The number of carbonyl (C=O) groups excluding carboxylic acids is 2. The second kappa shape index (κ2) is 7.54. The molecule has 6 heteroatoms. The van der Waals surface area contributed by atoms with Crippen molar-refractivity contribution in [3.63, 3.8) is 0 Å². The molecule has 0 unspecified atom stereocenters. The second-order valence-corrected chi connectivity index (χ2v) is 6.50. The van der Waals surface area contributed by atoms with E-state index >= 15 is 0 Å². The predicted octanol–water partition coefficient (Wildman–Crippen LogP) is 1.78. The first-order valence-electron chi connectivity index (χ1n) is 7.21. The lowest BCUT2D eigenvalue weighted by molar-refractivity contribution is -0.140. The average molecular weight is 310 g/mol. The van der Waals surface area contributed by atoms with Gasteiger partial charge < -0.3 is 14.6 Å². The van der Waals surface area contributed by atoms with E-state index in [9.17, 15) is 9.59 Å². The fraction of sp³-hybridized carbons (Fsp3) is 0.600. The van der Waals surface area contributed by atoms with E-state index in [0.29, 0.717) is 13.0 Å². The normalized spacial score (nSPS) is 17.2. The number of rotatable bonds is 6. The van der Waals surface area contributed by atoms with E-state index < -0.39 is 0 Å². The van der Waals surface area contributed by atoms with Gasteiger partial charge in [0.05, 0.1) is 25.5 Å². The van der Waals surface area contributed by atoms with Crippen molar-refractivity contribution in [2.24, 2.45) is 0 Å². The Morgan fingerprint density at radius 1 is 1.29 bits per heavy atom. The molecule has 0 spiro atoms. The topological polar surface area (TPSA) is 60.3 Å². The first kappa shape index (κ1) is 15.9. The van der Waals surface area contributed by atoms with Crippen molar-refractivity contribution < 1.29 is 14.3 Å². The van der Waals surface area contributed by atoms with Gasteiger partial charge >= 0.3 is 5.97 Å². The monoisotopic (exact) mass is 310 g/mol. The fourth-order valence-electron chi connectivity index (χ4n) is 2.70. The molecule has 1 aromatic rings. The van der Waals surface area contributed by atoms with Crippen molar-refractivity contribution in [1.29, 1.82) is 0 Å². The lowest BCUT2D eigenvalue weighted by Gasteiger charge is -2.38. The molecule has 1 saturated heterocycles. The van der Waals surface area contributed by atoms with Crippen LogP contribution < -0.4 is 5.32 Å². The molecule has 0 aliphatic carbocycles. The molecule has 0 atom stereocenters. The molecule has 1 aromatic heterocycles. The van der Waals surface area contributed by atoms with Crippen LogP contribution >= 0.6 is 11.8 Å². The molecule has 0 bridgehead atoms. The van der Waals surface area contributed by atoms with E-state index in [4.69, 9.17) is 0 Å². The maximum Gasteiger partial charge on any atom is 0.307 e. The SMILES string of the molecule is COC(=O)CCNC(=O)CC1(n2cccc2)CCSCC1. The Labute approximate surface area is 129 Å². The van der Waals surface area contributed by atoms with Gasteiger partial charge in [-0.3, -0.25) is 9.59 Å². The number of nitrogens with one attached hydrogen (secondary N) is 1. The molecule has 1 aliphatic heterocycles. The Morgan fingerprint density at radius 2 is 1.95 bits per heavy atom. The summed E-state index contributed by atoms with van der Waals surface area (Å²) in [5, 5.41) is 2.82. The molecule has 2 heterocycles. The number of nitrogens with zero attached hydrogens (tertiary/aromatic N) is 1. The van der Waals surface area contributed by atoms with Crippen molar-refractivity contribution in [3.05, 3.63) is 24.5 Å². The number of ether oxygens (including phenoxy) is 1. The molecule has 2 rings (SSSR count). The van der Waals surface area contributed by atoms with Crippen molar-refractivity contribution in [3.8, 4) is 0 Å². The predicted molar refractivity (Wildman–Crippen MR) is 83.2 cm³/mol. The molecule has 1 N–H and O–H groups in total. The number of thioether (sulfide) groups is 1. The van der Waals surface area contributed by atoms with E-state index in [1.165, 1.54) is 7.11 Å². The highest BCUT2D eigenvalue weighted by molar-refractivity contribution is 7.99. The Kier molecular flexibility index (Phi) is 5.73. The average Bonchev–Trinajstić information content (AvgIpc) is 3.03. The number of aromatic nitrogens is 1. The minimum absolute atomic E-state index is 0.000460. The lowest BCUT2D eigenvalue weighted by atomic mass is 9.87. The summed E-state index contributed by atoms with van der Waals surface area (Å²) >= 11 is 1.94. The zero-order valence-corrected chi connectivity index (χ0v) is 13.2. The first-order chi connectivity index (χ1) is 10.2. The van der Waals surface area contributed by atoms with Gasteiger partial charge in [-0.2, -0.15) is 11.8 Å². The summed E-state index contributed by atoms with van der Waals surface area (Å²) < 4.78 is 6.74. The van der Waals surface area contributed by atoms with Crippen molar-refractivity contribution >= 4 is 23.6 Å². The highest BCUT2D eigenvalue weighted by Gasteiger charge is 2.35.